The first-order valence-electron chi connectivity index (χ1n) is 13.2. The number of hydrogen-bond acceptors (Lipinski definition) is 5. The van der Waals surface area contributed by atoms with Crippen LogP contribution in [-0.4, -0.2) is 56.7 Å². The molecule has 2 aromatic carbocycles. The van der Waals surface area contributed by atoms with Gasteiger partial charge in [-0.15, -0.1) is 0 Å². The van der Waals surface area contributed by atoms with E-state index in [0.717, 1.165) is 36.8 Å². The number of rotatable bonds is 10. The Labute approximate surface area is 233 Å². The van der Waals surface area contributed by atoms with Gasteiger partial charge in [-0.05, 0) is 88.2 Å². The first-order chi connectivity index (χ1) is 17.9. The van der Waals surface area contributed by atoms with Gasteiger partial charge in [0, 0.05) is 24.7 Å². The lowest BCUT2D eigenvalue weighted by Gasteiger charge is -2.34. The van der Waals surface area contributed by atoms with Gasteiger partial charge in [0.1, 0.15) is 5.60 Å². The van der Waals surface area contributed by atoms with E-state index in [4.69, 9.17) is 16.3 Å². The van der Waals surface area contributed by atoms with E-state index in [1.165, 1.54) is 5.56 Å². The average Bonchev–Trinajstić information content (AvgIpc) is 2.87. The fraction of sp³-hybridized carbons (Fsp3) is 0.500. The third kappa shape index (κ3) is 8.67. The van der Waals surface area contributed by atoms with Gasteiger partial charge in [0.25, 0.3) is 0 Å². The van der Waals surface area contributed by atoms with Crippen molar-refractivity contribution in [2.24, 2.45) is 0 Å². The van der Waals surface area contributed by atoms with Crippen molar-refractivity contribution in [3.05, 3.63) is 76.3 Å². The minimum Gasteiger partial charge on any atom is -0.459 e. The van der Waals surface area contributed by atoms with E-state index >= 15 is 0 Å². The molecule has 1 N–H and O–H groups in total. The lowest BCUT2D eigenvalue weighted by atomic mass is 9.81. The fourth-order valence-corrected chi connectivity index (χ4v) is 6.28. The van der Waals surface area contributed by atoms with Crippen molar-refractivity contribution in [3.63, 3.8) is 0 Å². The molecule has 0 heterocycles. The predicted molar refractivity (Wildman–Crippen MR) is 156 cm³/mol. The van der Waals surface area contributed by atoms with Crippen molar-refractivity contribution in [2.45, 2.75) is 69.9 Å². The van der Waals surface area contributed by atoms with Crippen LogP contribution in [0.15, 0.2) is 54.6 Å². The van der Waals surface area contributed by atoms with Gasteiger partial charge in [0.05, 0.1) is 11.7 Å². The van der Waals surface area contributed by atoms with Crippen molar-refractivity contribution in [1.29, 1.82) is 0 Å². The van der Waals surface area contributed by atoms with E-state index in [9.17, 15) is 13.2 Å². The Morgan fingerprint density at radius 1 is 1.08 bits per heavy atom. The number of nitrogens with one attached hydrogen (secondary N) is 1. The number of benzene rings is 2. The first kappa shape index (κ1) is 30.4. The molecule has 1 aliphatic carbocycles. The molecule has 1 saturated carbocycles. The monoisotopic (exact) mass is 560 g/mol. The summed E-state index contributed by atoms with van der Waals surface area (Å²) < 4.78 is 33.0. The number of nitrogens with zero attached hydrogens (tertiary/aromatic N) is 1. The third-order valence-electron chi connectivity index (χ3n) is 7.05. The molecule has 0 spiro atoms. The zero-order valence-corrected chi connectivity index (χ0v) is 24.7. The van der Waals surface area contributed by atoms with E-state index in [1.54, 1.807) is 29.6 Å². The summed E-state index contributed by atoms with van der Waals surface area (Å²) >= 11 is 5.91. The highest BCUT2D eigenvalue weighted by Gasteiger charge is 2.31. The predicted octanol–water partition coefficient (Wildman–Crippen LogP) is 5.99. The number of hydrogen-bond donors (Lipinski definition) is 1. The maximum absolute atomic E-state index is 12.9. The molecule has 1 atom stereocenters. The first-order valence-corrected chi connectivity index (χ1v) is 15.2. The summed E-state index contributed by atoms with van der Waals surface area (Å²) in [6.45, 7) is 6.14. The second kappa shape index (κ2) is 13.2. The Balaban J connectivity index is 1.56. The smallest absolute Gasteiger partial charge is 0.315 e. The number of esters is 1. The van der Waals surface area contributed by atoms with Crippen molar-refractivity contribution in [1.82, 2.24) is 9.62 Å². The van der Waals surface area contributed by atoms with Crippen LogP contribution in [0.4, 0.5) is 0 Å². The van der Waals surface area contributed by atoms with Gasteiger partial charge in [0.15, 0.2) is 0 Å². The zero-order chi connectivity index (χ0) is 27.9. The molecule has 3 rings (SSSR count). The van der Waals surface area contributed by atoms with Crippen LogP contribution in [0.3, 0.4) is 0 Å². The van der Waals surface area contributed by atoms with Crippen LogP contribution in [0.1, 0.15) is 75.0 Å². The summed E-state index contributed by atoms with van der Waals surface area (Å²) in [6, 6.07) is 15.6. The second-order valence-corrected chi connectivity index (χ2v) is 13.6. The van der Waals surface area contributed by atoms with Crippen molar-refractivity contribution in [3.8, 4) is 0 Å². The molecule has 0 amide bonds. The molecular weight excluding hydrogens is 520 g/mol. The molecule has 0 bridgehead atoms. The minimum absolute atomic E-state index is 0.00614. The van der Waals surface area contributed by atoms with Gasteiger partial charge in [-0.3, -0.25) is 4.79 Å². The number of likely N-dealkylation sites (N-methyl/N-ethyl adjacent to an activating group) is 1. The normalized spacial score (nSPS) is 19.6. The van der Waals surface area contributed by atoms with Gasteiger partial charge >= 0.3 is 5.97 Å². The molecule has 1 unspecified atom stereocenters. The second-order valence-electron chi connectivity index (χ2n) is 11.1. The van der Waals surface area contributed by atoms with E-state index in [1.807, 2.05) is 58.2 Å². The Hall–Kier alpha value is -2.19. The topological polar surface area (TPSA) is 75.7 Å². The lowest BCUT2D eigenvalue weighted by molar-refractivity contribution is -0.156. The van der Waals surface area contributed by atoms with Gasteiger partial charge in [0.2, 0.25) is 10.0 Å². The molecule has 208 valence electrons. The Bertz CT molecular complexity index is 1180. The maximum atomic E-state index is 12.9. The highest BCUT2D eigenvalue weighted by atomic mass is 35.5. The molecular formula is C30H41ClN2O4S. The van der Waals surface area contributed by atoms with Gasteiger partial charge in [-0.25, -0.2) is 12.7 Å². The third-order valence-corrected chi connectivity index (χ3v) is 9.09. The standard InChI is InChI=1S/C30H41ClN2O4S/c1-30(2,3)37-29(34)28(21-32-4)25-12-10-23(11-13-25)24-14-18-27(19-15-24)33(5)38(35,36)20-6-7-22-8-16-26(31)17-9-22/h6-13,16-17,24,27-28,32H,14-15,18-21H2,1-5H3. The largest absolute Gasteiger partial charge is 0.459 e. The van der Waals surface area contributed by atoms with Gasteiger partial charge < -0.3 is 10.1 Å². The molecule has 6 nitrogen and oxygen atoms in total. The summed E-state index contributed by atoms with van der Waals surface area (Å²) in [5, 5.41) is 3.75. The fourth-order valence-electron chi connectivity index (χ4n) is 4.91. The number of carbonyl (C=O) groups is 1. The van der Waals surface area contributed by atoms with Gasteiger partial charge in [-0.2, -0.15) is 0 Å². The maximum Gasteiger partial charge on any atom is 0.315 e. The summed E-state index contributed by atoms with van der Waals surface area (Å²) in [4.78, 5) is 12.7. The van der Waals surface area contributed by atoms with Crippen LogP contribution in [0, 0.1) is 0 Å². The van der Waals surface area contributed by atoms with Crippen LogP contribution < -0.4 is 5.32 Å². The minimum atomic E-state index is -3.39. The molecule has 8 heteroatoms. The Kier molecular flexibility index (Phi) is 10.6. The van der Waals surface area contributed by atoms with Gasteiger partial charge in [-0.1, -0.05) is 60.2 Å². The molecule has 1 aliphatic rings. The Morgan fingerprint density at radius 3 is 2.24 bits per heavy atom. The van der Waals surface area contributed by atoms with E-state index < -0.39 is 15.6 Å². The van der Waals surface area contributed by atoms with E-state index in [2.05, 4.69) is 17.4 Å². The van der Waals surface area contributed by atoms with E-state index in [0.29, 0.717) is 17.5 Å². The van der Waals surface area contributed by atoms with Crippen LogP contribution in [0.25, 0.3) is 6.08 Å². The summed E-state index contributed by atoms with van der Waals surface area (Å²) in [5.74, 6) is -0.242. The lowest BCUT2D eigenvalue weighted by Crippen LogP contribution is -2.40. The molecule has 38 heavy (non-hydrogen) atoms. The van der Waals surface area contributed by atoms with Crippen LogP contribution in [-0.2, 0) is 19.6 Å². The average molecular weight is 561 g/mol. The van der Waals surface area contributed by atoms with Crippen LogP contribution in [0.5, 0.6) is 0 Å². The number of sulfonamides is 1. The molecule has 0 aliphatic heterocycles. The molecule has 2 aromatic rings. The number of ether oxygens (including phenoxy) is 1. The van der Waals surface area contributed by atoms with Crippen molar-refractivity contribution >= 4 is 33.7 Å². The highest BCUT2D eigenvalue weighted by Crippen LogP contribution is 2.36. The SMILES string of the molecule is CNCC(C(=O)OC(C)(C)C)c1ccc(C2CCC(N(C)S(=O)(=O)CC=Cc3ccc(Cl)cc3)CC2)cc1. The van der Waals surface area contributed by atoms with E-state index in [-0.39, 0.29) is 23.7 Å². The molecule has 1 fully saturated rings. The van der Waals surface area contributed by atoms with Crippen molar-refractivity contribution < 1.29 is 17.9 Å². The number of halogens is 1. The number of carbonyl (C=O) groups excluding carboxylic acids is 1. The zero-order valence-electron chi connectivity index (χ0n) is 23.1. The highest BCUT2D eigenvalue weighted by molar-refractivity contribution is 7.89. The molecule has 0 radical (unpaired) electrons. The summed E-state index contributed by atoms with van der Waals surface area (Å²) in [7, 11) is 0.137. The Morgan fingerprint density at radius 2 is 1.68 bits per heavy atom. The van der Waals surface area contributed by atoms with Crippen LogP contribution >= 0.6 is 11.6 Å². The summed E-state index contributed by atoms with van der Waals surface area (Å²) in [6.07, 6.45) is 7.01. The molecule has 0 saturated heterocycles. The summed E-state index contributed by atoms with van der Waals surface area (Å²) in [5.41, 5.74) is 2.55. The quantitative estimate of drug-likeness (QED) is 0.361. The van der Waals surface area contributed by atoms with Crippen LogP contribution in [0.2, 0.25) is 5.02 Å². The van der Waals surface area contributed by atoms with Crippen molar-refractivity contribution in [2.75, 3.05) is 26.4 Å². The molecule has 0 aromatic heterocycles.